The second-order valence-electron chi connectivity index (χ2n) is 6.59. The van der Waals surface area contributed by atoms with Crippen LogP contribution < -0.4 is 16.5 Å². The van der Waals surface area contributed by atoms with Gasteiger partial charge in [0, 0.05) is 18.3 Å². The lowest BCUT2D eigenvalue weighted by atomic mass is 10.1. The van der Waals surface area contributed by atoms with Crippen LogP contribution in [0.1, 0.15) is 12.0 Å². The van der Waals surface area contributed by atoms with E-state index in [0.29, 0.717) is 33.4 Å². The van der Waals surface area contributed by atoms with E-state index in [0.717, 1.165) is 0 Å². The number of hydrogen-bond donors (Lipinski definition) is 4. The van der Waals surface area contributed by atoms with Crippen LogP contribution >= 0.6 is 23.2 Å². The molecule has 148 valence electrons. The second kappa shape index (κ2) is 8.79. The van der Waals surface area contributed by atoms with Crippen LogP contribution in [0.15, 0.2) is 42.5 Å². The van der Waals surface area contributed by atoms with E-state index in [4.69, 9.17) is 34.1 Å². The van der Waals surface area contributed by atoms with Crippen molar-refractivity contribution in [3.63, 3.8) is 0 Å². The van der Waals surface area contributed by atoms with Gasteiger partial charge >= 0.3 is 0 Å². The molecular formula is C19H20Cl2N4O3. The fraction of sp³-hybridized carbons (Fsp3) is 0.263. The van der Waals surface area contributed by atoms with Crippen molar-refractivity contribution in [1.82, 2.24) is 10.4 Å². The highest BCUT2D eigenvalue weighted by molar-refractivity contribution is 6.39. The Bertz CT molecular complexity index is 873. The molecule has 0 saturated carbocycles. The lowest BCUT2D eigenvalue weighted by Gasteiger charge is -2.23. The van der Waals surface area contributed by atoms with Crippen molar-refractivity contribution in [2.45, 2.75) is 24.9 Å². The quantitative estimate of drug-likeness (QED) is 0.437. The number of nitrogens with one attached hydrogen (secondary N) is 2. The van der Waals surface area contributed by atoms with Crippen LogP contribution in [0.3, 0.4) is 0 Å². The van der Waals surface area contributed by atoms with Crippen LogP contribution in [0, 0.1) is 0 Å². The molecular weight excluding hydrogens is 403 g/mol. The number of carbonyl (C=O) groups excluding carboxylic acids is 2. The van der Waals surface area contributed by atoms with Crippen molar-refractivity contribution >= 4 is 46.4 Å². The van der Waals surface area contributed by atoms with Crippen molar-refractivity contribution in [1.29, 1.82) is 0 Å². The standard InChI is InChI=1S/C19H20Cl2N4O3/c20-13-5-3-6-14(21)18(13)23-15-7-2-1-4-11(15)8-17(26)25-10-12(22)9-16(25)19(27)24-28/h1-7,12,16,23,28H,8-10,22H2,(H,24,27)/t12-,16-/m0/s1. The molecule has 1 fully saturated rings. The highest BCUT2D eigenvalue weighted by Gasteiger charge is 2.38. The zero-order valence-corrected chi connectivity index (χ0v) is 16.4. The van der Waals surface area contributed by atoms with Gasteiger partial charge in [-0.15, -0.1) is 0 Å². The third-order valence-corrected chi connectivity index (χ3v) is 5.28. The van der Waals surface area contributed by atoms with E-state index in [1.54, 1.807) is 23.7 Å². The number of nitrogens with two attached hydrogens (primary N) is 1. The number of halogens is 2. The molecule has 1 aliphatic heterocycles. The average molecular weight is 423 g/mol. The fourth-order valence-corrected chi connectivity index (χ4v) is 3.77. The zero-order valence-electron chi connectivity index (χ0n) is 14.9. The summed E-state index contributed by atoms with van der Waals surface area (Å²) in [6, 6.07) is 11.3. The van der Waals surface area contributed by atoms with E-state index in [2.05, 4.69) is 5.32 Å². The number of hydrogen-bond acceptors (Lipinski definition) is 5. The number of anilines is 2. The topological polar surface area (TPSA) is 108 Å². The van der Waals surface area contributed by atoms with Gasteiger partial charge in [0.25, 0.3) is 5.91 Å². The molecule has 2 atom stereocenters. The van der Waals surface area contributed by atoms with E-state index >= 15 is 0 Å². The molecule has 7 nitrogen and oxygen atoms in total. The number of likely N-dealkylation sites (tertiary alicyclic amines) is 1. The highest BCUT2D eigenvalue weighted by atomic mass is 35.5. The maximum absolute atomic E-state index is 12.9. The molecule has 0 unspecified atom stereocenters. The normalized spacial score (nSPS) is 18.8. The van der Waals surface area contributed by atoms with Gasteiger partial charge < -0.3 is 16.0 Å². The van der Waals surface area contributed by atoms with Gasteiger partial charge in [0.15, 0.2) is 0 Å². The molecule has 0 aromatic heterocycles. The molecule has 0 radical (unpaired) electrons. The Balaban J connectivity index is 1.81. The third kappa shape index (κ3) is 4.39. The maximum atomic E-state index is 12.9. The zero-order chi connectivity index (χ0) is 20.3. The summed E-state index contributed by atoms with van der Waals surface area (Å²) in [6.45, 7) is 0.253. The Hall–Kier alpha value is -2.32. The van der Waals surface area contributed by atoms with Gasteiger partial charge in [-0.2, -0.15) is 0 Å². The summed E-state index contributed by atoms with van der Waals surface area (Å²) < 4.78 is 0. The summed E-state index contributed by atoms with van der Waals surface area (Å²) in [6.07, 6.45) is 0.348. The minimum Gasteiger partial charge on any atom is -0.353 e. The molecule has 0 aliphatic carbocycles. The van der Waals surface area contributed by atoms with Crippen LogP contribution in [0.5, 0.6) is 0 Å². The highest BCUT2D eigenvalue weighted by Crippen LogP contribution is 2.34. The van der Waals surface area contributed by atoms with Crippen molar-refractivity contribution in [3.8, 4) is 0 Å². The van der Waals surface area contributed by atoms with Crippen molar-refractivity contribution in [3.05, 3.63) is 58.1 Å². The first-order valence-electron chi connectivity index (χ1n) is 8.68. The monoisotopic (exact) mass is 422 g/mol. The van der Waals surface area contributed by atoms with Gasteiger partial charge in [-0.1, -0.05) is 47.5 Å². The first-order valence-corrected chi connectivity index (χ1v) is 9.44. The number of nitrogens with zero attached hydrogens (tertiary/aromatic N) is 1. The molecule has 5 N–H and O–H groups in total. The molecule has 28 heavy (non-hydrogen) atoms. The summed E-state index contributed by atoms with van der Waals surface area (Å²) in [5.41, 5.74) is 9.45. The molecule has 1 aliphatic rings. The smallest absolute Gasteiger partial charge is 0.266 e. The van der Waals surface area contributed by atoms with Crippen LogP contribution in [0.2, 0.25) is 10.0 Å². The summed E-state index contributed by atoms with van der Waals surface area (Å²) >= 11 is 12.4. The van der Waals surface area contributed by atoms with E-state index in [1.165, 1.54) is 4.90 Å². The number of hydroxylamine groups is 1. The lowest BCUT2D eigenvalue weighted by molar-refractivity contribution is -0.142. The van der Waals surface area contributed by atoms with Crippen LogP contribution in [-0.4, -0.2) is 40.5 Å². The van der Waals surface area contributed by atoms with E-state index < -0.39 is 11.9 Å². The SMILES string of the molecule is N[C@H]1C[C@@H](C(=O)NO)N(C(=O)Cc2ccccc2Nc2c(Cl)cccc2Cl)C1. The number of rotatable bonds is 5. The van der Waals surface area contributed by atoms with Crippen molar-refractivity contribution in [2.75, 3.05) is 11.9 Å². The maximum Gasteiger partial charge on any atom is 0.266 e. The lowest BCUT2D eigenvalue weighted by Crippen LogP contribution is -2.45. The first-order chi connectivity index (χ1) is 13.4. The summed E-state index contributed by atoms with van der Waals surface area (Å²) in [5.74, 6) is -0.906. The summed E-state index contributed by atoms with van der Waals surface area (Å²) in [5, 5.41) is 13.0. The predicted molar refractivity (Wildman–Crippen MR) is 108 cm³/mol. The Labute approximate surface area is 172 Å². The van der Waals surface area contributed by atoms with Gasteiger partial charge in [-0.25, -0.2) is 5.48 Å². The number of para-hydroxylation sites is 2. The Morgan fingerprint density at radius 1 is 1.14 bits per heavy atom. The molecule has 0 bridgehead atoms. The third-order valence-electron chi connectivity index (χ3n) is 4.65. The molecule has 9 heteroatoms. The minimum atomic E-state index is -0.786. The number of carbonyl (C=O) groups is 2. The Morgan fingerprint density at radius 3 is 2.50 bits per heavy atom. The first kappa shape index (κ1) is 20.4. The molecule has 1 heterocycles. The summed E-state index contributed by atoms with van der Waals surface area (Å²) in [7, 11) is 0. The molecule has 2 aromatic carbocycles. The van der Waals surface area contributed by atoms with Crippen molar-refractivity contribution < 1.29 is 14.8 Å². The largest absolute Gasteiger partial charge is 0.353 e. The second-order valence-corrected chi connectivity index (χ2v) is 7.40. The molecule has 1 saturated heterocycles. The number of benzene rings is 2. The van der Waals surface area contributed by atoms with Gasteiger partial charge in [0.05, 0.1) is 22.2 Å². The molecule has 3 rings (SSSR count). The summed E-state index contributed by atoms with van der Waals surface area (Å²) in [4.78, 5) is 26.1. The molecule has 2 amide bonds. The fourth-order valence-electron chi connectivity index (χ4n) is 3.28. The van der Waals surface area contributed by atoms with Gasteiger partial charge in [-0.05, 0) is 30.2 Å². The number of amides is 2. The van der Waals surface area contributed by atoms with Crippen LogP contribution in [0.25, 0.3) is 0 Å². The predicted octanol–water partition coefficient (Wildman–Crippen LogP) is 2.71. The average Bonchev–Trinajstić information content (AvgIpc) is 3.07. The van der Waals surface area contributed by atoms with Crippen LogP contribution in [-0.2, 0) is 16.0 Å². The molecule has 2 aromatic rings. The molecule has 0 spiro atoms. The van der Waals surface area contributed by atoms with Crippen LogP contribution in [0.4, 0.5) is 11.4 Å². The van der Waals surface area contributed by atoms with Gasteiger partial charge in [-0.3, -0.25) is 14.8 Å². The Kier molecular flexibility index (Phi) is 6.41. The van der Waals surface area contributed by atoms with E-state index in [9.17, 15) is 9.59 Å². The van der Waals surface area contributed by atoms with Crippen molar-refractivity contribution in [2.24, 2.45) is 5.73 Å². The van der Waals surface area contributed by atoms with E-state index in [-0.39, 0.29) is 24.9 Å². The minimum absolute atomic E-state index is 0.0488. The van der Waals surface area contributed by atoms with Gasteiger partial charge in [0.2, 0.25) is 5.91 Å². The van der Waals surface area contributed by atoms with Gasteiger partial charge in [0.1, 0.15) is 6.04 Å². The van der Waals surface area contributed by atoms with E-state index in [1.807, 2.05) is 24.3 Å². The Morgan fingerprint density at radius 2 is 1.82 bits per heavy atom.